The first-order valence-corrected chi connectivity index (χ1v) is 7.86. The van der Waals surface area contributed by atoms with Gasteiger partial charge in [0.25, 0.3) is 5.91 Å². The lowest BCUT2D eigenvalue weighted by atomic mass is 9.93. The number of allylic oxidation sites excluding steroid dienone is 6. The first kappa shape index (κ1) is 15.5. The fourth-order valence-electron chi connectivity index (χ4n) is 2.61. The van der Waals surface area contributed by atoms with Crippen LogP contribution in [0, 0.1) is 0 Å². The Balaban J connectivity index is 2.26. The number of hydrogen-bond donors (Lipinski definition) is 1. The lowest BCUT2D eigenvalue weighted by molar-refractivity contribution is 0.0600. The van der Waals surface area contributed by atoms with Crippen molar-refractivity contribution < 1.29 is 14.3 Å². The summed E-state index contributed by atoms with van der Waals surface area (Å²) >= 11 is 3.50. The first-order chi connectivity index (χ1) is 11.1. The third kappa shape index (κ3) is 2.92. The van der Waals surface area contributed by atoms with E-state index in [1.54, 1.807) is 12.1 Å². The van der Waals surface area contributed by atoms with Crippen molar-refractivity contribution in [1.29, 1.82) is 0 Å². The smallest absolute Gasteiger partial charge is 0.337 e. The van der Waals surface area contributed by atoms with E-state index in [1.165, 1.54) is 7.11 Å². The van der Waals surface area contributed by atoms with Gasteiger partial charge in [0.05, 0.1) is 12.7 Å². The lowest BCUT2D eigenvalue weighted by Gasteiger charge is -2.13. The van der Waals surface area contributed by atoms with Crippen molar-refractivity contribution in [1.82, 2.24) is 5.32 Å². The van der Waals surface area contributed by atoms with Crippen LogP contribution in [-0.4, -0.2) is 25.5 Å². The van der Waals surface area contributed by atoms with Crippen molar-refractivity contribution in [3.8, 4) is 0 Å². The molecule has 0 saturated carbocycles. The molecule has 0 atom stereocenters. The van der Waals surface area contributed by atoms with Gasteiger partial charge in [0.2, 0.25) is 0 Å². The molecule has 0 radical (unpaired) electrons. The Kier molecular flexibility index (Phi) is 4.30. The molecule has 1 aromatic rings. The van der Waals surface area contributed by atoms with Crippen LogP contribution in [0.4, 0.5) is 0 Å². The quantitative estimate of drug-likeness (QED) is 0.769. The largest absolute Gasteiger partial charge is 0.465 e. The zero-order valence-corrected chi connectivity index (χ0v) is 14.0. The van der Waals surface area contributed by atoms with E-state index >= 15 is 0 Å². The predicted octanol–water partition coefficient (Wildman–Crippen LogP) is 3.41. The van der Waals surface area contributed by atoms with Crippen LogP contribution in [0.3, 0.4) is 0 Å². The van der Waals surface area contributed by atoms with Crippen LogP contribution in [0.5, 0.6) is 0 Å². The Hall–Kier alpha value is -2.40. The van der Waals surface area contributed by atoms with E-state index in [0.717, 1.165) is 16.7 Å². The standard InChI is InChI=1S/C18H14BrNO3/c1-23-18(22)12-8-14-16(15(19)9-12)13-7-5-3-2-4-6-11(13)10-20-17(14)21/h2-9H,10H2,1H3,(H,20,21)/b3-2-,4-2?,5-3?,6-4-,7-5-,11-6?,13-7?. The number of esters is 1. The van der Waals surface area contributed by atoms with E-state index < -0.39 is 5.97 Å². The number of halogens is 1. The average Bonchev–Trinajstić information content (AvgIpc) is 2.64. The second kappa shape index (κ2) is 6.38. The Bertz CT molecular complexity index is 816. The van der Waals surface area contributed by atoms with Gasteiger partial charge < -0.3 is 10.1 Å². The number of carbonyl (C=O) groups excluding carboxylic acids is 2. The zero-order valence-electron chi connectivity index (χ0n) is 12.4. The van der Waals surface area contributed by atoms with Crippen LogP contribution in [0.2, 0.25) is 0 Å². The molecule has 23 heavy (non-hydrogen) atoms. The number of amides is 1. The van der Waals surface area contributed by atoms with Crippen LogP contribution in [0.15, 0.2) is 58.6 Å². The molecule has 0 fully saturated rings. The van der Waals surface area contributed by atoms with Gasteiger partial charge in [0, 0.05) is 22.1 Å². The molecule has 116 valence electrons. The molecule has 0 saturated heterocycles. The molecule has 0 spiro atoms. The van der Waals surface area contributed by atoms with Crippen molar-refractivity contribution in [2.45, 2.75) is 0 Å². The maximum Gasteiger partial charge on any atom is 0.337 e. The van der Waals surface area contributed by atoms with E-state index in [2.05, 4.69) is 21.2 Å². The van der Waals surface area contributed by atoms with E-state index in [0.29, 0.717) is 22.1 Å². The highest BCUT2D eigenvalue weighted by atomic mass is 79.9. The molecular weight excluding hydrogens is 358 g/mol. The number of benzene rings is 1. The number of nitrogens with one attached hydrogen (secondary N) is 1. The van der Waals surface area contributed by atoms with Gasteiger partial charge in [-0.15, -0.1) is 0 Å². The van der Waals surface area contributed by atoms with Gasteiger partial charge in [-0.3, -0.25) is 4.79 Å². The Morgan fingerprint density at radius 3 is 2.65 bits per heavy atom. The number of fused-ring (bicyclic) bond motifs is 2. The Morgan fingerprint density at radius 2 is 1.91 bits per heavy atom. The van der Waals surface area contributed by atoms with Crippen LogP contribution in [-0.2, 0) is 4.74 Å². The van der Waals surface area contributed by atoms with Crippen LogP contribution < -0.4 is 5.32 Å². The summed E-state index contributed by atoms with van der Waals surface area (Å²) in [6, 6.07) is 3.25. The second-order valence-corrected chi connectivity index (χ2v) is 5.95. The van der Waals surface area contributed by atoms with E-state index in [9.17, 15) is 9.59 Å². The molecule has 0 bridgehead atoms. The van der Waals surface area contributed by atoms with Crippen molar-refractivity contribution in [2.75, 3.05) is 13.7 Å². The average molecular weight is 372 g/mol. The normalized spacial score (nSPS) is 20.2. The predicted molar refractivity (Wildman–Crippen MR) is 92.2 cm³/mol. The first-order valence-electron chi connectivity index (χ1n) is 7.07. The van der Waals surface area contributed by atoms with Gasteiger partial charge in [0.1, 0.15) is 0 Å². The third-order valence-electron chi connectivity index (χ3n) is 3.70. The van der Waals surface area contributed by atoms with Crippen LogP contribution in [0.25, 0.3) is 5.57 Å². The molecule has 5 heteroatoms. The van der Waals surface area contributed by atoms with Gasteiger partial charge >= 0.3 is 5.97 Å². The van der Waals surface area contributed by atoms with Gasteiger partial charge in [-0.05, 0) is 23.3 Å². The van der Waals surface area contributed by atoms with Crippen molar-refractivity contribution in [3.63, 3.8) is 0 Å². The van der Waals surface area contributed by atoms with Gasteiger partial charge in [0.15, 0.2) is 0 Å². The zero-order chi connectivity index (χ0) is 16.4. The summed E-state index contributed by atoms with van der Waals surface area (Å²) in [5.41, 5.74) is 3.51. The summed E-state index contributed by atoms with van der Waals surface area (Å²) in [5, 5.41) is 2.88. The number of ether oxygens (including phenoxy) is 1. The van der Waals surface area contributed by atoms with E-state index in [-0.39, 0.29) is 5.91 Å². The highest BCUT2D eigenvalue weighted by molar-refractivity contribution is 9.10. The van der Waals surface area contributed by atoms with Crippen LogP contribution >= 0.6 is 15.9 Å². The van der Waals surface area contributed by atoms with Gasteiger partial charge in [-0.1, -0.05) is 52.4 Å². The number of rotatable bonds is 1. The monoisotopic (exact) mass is 371 g/mol. The maximum absolute atomic E-state index is 12.5. The number of methoxy groups -OCH3 is 1. The summed E-state index contributed by atoms with van der Waals surface area (Å²) in [4.78, 5) is 24.3. The third-order valence-corrected chi connectivity index (χ3v) is 4.33. The van der Waals surface area contributed by atoms with Crippen molar-refractivity contribution in [3.05, 3.63) is 75.3 Å². The molecule has 1 heterocycles. The number of hydrogen-bond acceptors (Lipinski definition) is 3. The molecule has 1 aromatic carbocycles. The molecule has 4 nitrogen and oxygen atoms in total. The highest BCUT2D eigenvalue weighted by Crippen LogP contribution is 2.35. The molecule has 1 amide bonds. The molecule has 0 unspecified atom stereocenters. The Morgan fingerprint density at radius 1 is 1.17 bits per heavy atom. The van der Waals surface area contributed by atoms with Gasteiger partial charge in [-0.25, -0.2) is 4.79 Å². The van der Waals surface area contributed by atoms with Crippen molar-refractivity contribution >= 4 is 33.4 Å². The second-order valence-electron chi connectivity index (χ2n) is 5.10. The van der Waals surface area contributed by atoms with E-state index in [4.69, 9.17) is 4.74 Å². The Labute approximate surface area is 142 Å². The molecule has 3 rings (SSSR count). The van der Waals surface area contributed by atoms with Crippen LogP contribution in [0.1, 0.15) is 26.3 Å². The minimum atomic E-state index is -0.476. The highest BCUT2D eigenvalue weighted by Gasteiger charge is 2.24. The summed E-state index contributed by atoms with van der Waals surface area (Å²) in [6.07, 6.45) is 11.7. The minimum Gasteiger partial charge on any atom is -0.465 e. The molecule has 2 aliphatic rings. The summed E-state index contributed by atoms with van der Waals surface area (Å²) < 4.78 is 5.44. The molecule has 1 aliphatic heterocycles. The molecular formula is C18H14BrNO3. The molecule has 1 N–H and O–H groups in total. The summed E-state index contributed by atoms with van der Waals surface area (Å²) in [7, 11) is 1.32. The lowest BCUT2D eigenvalue weighted by Crippen LogP contribution is -2.24. The molecule has 1 aliphatic carbocycles. The van der Waals surface area contributed by atoms with Gasteiger partial charge in [-0.2, -0.15) is 0 Å². The maximum atomic E-state index is 12.5. The van der Waals surface area contributed by atoms with E-state index in [1.807, 2.05) is 36.5 Å². The number of carbonyl (C=O) groups is 2. The summed E-state index contributed by atoms with van der Waals surface area (Å²) in [6.45, 7) is 0.428. The molecule has 0 aromatic heterocycles. The summed E-state index contributed by atoms with van der Waals surface area (Å²) in [5.74, 6) is -0.691. The van der Waals surface area contributed by atoms with Crippen molar-refractivity contribution in [2.24, 2.45) is 0 Å². The topological polar surface area (TPSA) is 55.4 Å². The minimum absolute atomic E-state index is 0.215. The fourth-order valence-corrected chi connectivity index (χ4v) is 3.29. The SMILES string of the molecule is COC(=O)c1cc(Br)c2c(c1)C(=O)NCC1=C2\C=C/C=C\C=C/1. The fraction of sp³-hybridized carbons (Fsp3) is 0.111.